The zero-order valence-electron chi connectivity index (χ0n) is 11.5. The molecule has 102 valence electrons. The van der Waals surface area contributed by atoms with Crippen molar-refractivity contribution >= 4 is 27.3 Å². The van der Waals surface area contributed by atoms with Gasteiger partial charge in [0, 0.05) is 17.8 Å². The number of carbonyl (C=O) groups is 1. The summed E-state index contributed by atoms with van der Waals surface area (Å²) in [5.41, 5.74) is 1.07. The lowest BCUT2D eigenvalue weighted by Crippen LogP contribution is -2.20. The van der Waals surface area contributed by atoms with Crippen LogP contribution in [0.2, 0.25) is 0 Å². The third-order valence-electron chi connectivity index (χ3n) is 3.33. The van der Waals surface area contributed by atoms with E-state index in [0.29, 0.717) is 13.0 Å². The second-order valence-corrected chi connectivity index (χ2v) is 6.07. The fourth-order valence-electron chi connectivity index (χ4n) is 2.09. The molecule has 2 aromatic heterocycles. The third-order valence-corrected chi connectivity index (χ3v) is 4.45. The van der Waals surface area contributed by atoms with Gasteiger partial charge in [-0.1, -0.05) is 0 Å². The summed E-state index contributed by atoms with van der Waals surface area (Å²) in [5.74, 6) is 0.199. The first-order chi connectivity index (χ1) is 9.00. The molecule has 0 radical (unpaired) electrons. The van der Waals surface area contributed by atoms with Crippen molar-refractivity contribution in [3.63, 3.8) is 0 Å². The summed E-state index contributed by atoms with van der Waals surface area (Å²) in [4.78, 5) is 29.5. The van der Waals surface area contributed by atoms with Crippen LogP contribution in [-0.2, 0) is 11.3 Å². The van der Waals surface area contributed by atoms with Crippen LogP contribution >= 0.6 is 11.3 Å². The van der Waals surface area contributed by atoms with Gasteiger partial charge in [0.15, 0.2) is 0 Å². The highest BCUT2D eigenvalue weighted by Gasteiger charge is 2.11. The molecule has 5 heteroatoms. The predicted molar refractivity (Wildman–Crippen MR) is 77.9 cm³/mol. The highest BCUT2D eigenvalue weighted by Crippen LogP contribution is 2.25. The quantitative estimate of drug-likeness (QED) is 0.790. The van der Waals surface area contributed by atoms with E-state index in [0.717, 1.165) is 33.5 Å². The van der Waals surface area contributed by atoms with Gasteiger partial charge in [0.1, 0.15) is 10.6 Å². The molecule has 2 heterocycles. The monoisotopic (exact) mass is 278 g/mol. The molecule has 0 aliphatic rings. The second-order valence-electron chi connectivity index (χ2n) is 4.87. The van der Waals surface area contributed by atoms with E-state index in [1.165, 1.54) is 0 Å². The van der Waals surface area contributed by atoms with Gasteiger partial charge in [0.2, 0.25) is 0 Å². The van der Waals surface area contributed by atoms with Crippen LogP contribution in [0, 0.1) is 13.8 Å². The number of unbranched alkanes of at least 4 members (excludes halogenated alkanes) is 1. The third kappa shape index (κ3) is 2.92. The Morgan fingerprint density at radius 3 is 2.79 bits per heavy atom. The Bertz CT molecular complexity index is 670. The number of aryl methyl sites for hydroxylation is 3. The Morgan fingerprint density at radius 2 is 2.11 bits per heavy atom. The highest BCUT2D eigenvalue weighted by atomic mass is 32.1. The van der Waals surface area contributed by atoms with E-state index in [9.17, 15) is 9.59 Å². The molecule has 0 aliphatic carbocycles. The molecule has 4 nitrogen and oxygen atoms in total. The largest absolute Gasteiger partial charge is 0.300 e. The Labute approximate surface area is 116 Å². The number of rotatable bonds is 5. The van der Waals surface area contributed by atoms with Gasteiger partial charge in [-0.3, -0.25) is 9.36 Å². The predicted octanol–water partition coefficient (Wildman–Crippen LogP) is 2.83. The fraction of sp³-hybridized carbons (Fsp3) is 0.500. The van der Waals surface area contributed by atoms with Crippen molar-refractivity contribution in [2.24, 2.45) is 0 Å². The maximum absolute atomic E-state index is 12.4. The number of hydrogen-bond donors (Lipinski definition) is 0. The van der Waals surface area contributed by atoms with Crippen molar-refractivity contribution in [3.05, 3.63) is 27.1 Å². The Morgan fingerprint density at radius 1 is 1.37 bits per heavy atom. The minimum atomic E-state index is 0.0367. The molecule has 0 N–H and O–H groups in total. The van der Waals surface area contributed by atoms with E-state index in [-0.39, 0.29) is 11.3 Å². The zero-order chi connectivity index (χ0) is 14.0. The van der Waals surface area contributed by atoms with E-state index in [4.69, 9.17) is 0 Å². The van der Waals surface area contributed by atoms with Crippen LogP contribution in [0.3, 0.4) is 0 Å². The van der Waals surface area contributed by atoms with E-state index in [1.54, 1.807) is 29.2 Å². The molecular weight excluding hydrogens is 260 g/mol. The van der Waals surface area contributed by atoms with Crippen LogP contribution in [0.1, 0.15) is 36.6 Å². The molecule has 2 rings (SSSR count). The van der Waals surface area contributed by atoms with Gasteiger partial charge in [-0.05, 0) is 39.2 Å². The summed E-state index contributed by atoms with van der Waals surface area (Å²) in [6, 6.07) is 0. The minimum Gasteiger partial charge on any atom is -0.300 e. The number of thiophene rings is 1. The summed E-state index contributed by atoms with van der Waals surface area (Å²) in [6.07, 6.45) is 3.85. The van der Waals surface area contributed by atoms with Gasteiger partial charge in [-0.15, -0.1) is 11.3 Å². The molecule has 0 fully saturated rings. The van der Waals surface area contributed by atoms with Crippen LogP contribution in [-0.4, -0.2) is 15.3 Å². The fourth-order valence-corrected chi connectivity index (χ4v) is 3.07. The molecule has 0 unspecified atom stereocenters. The van der Waals surface area contributed by atoms with E-state index in [1.807, 2.05) is 13.8 Å². The van der Waals surface area contributed by atoms with Gasteiger partial charge in [-0.2, -0.15) is 0 Å². The van der Waals surface area contributed by atoms with Gasteiger partial charge in [0.05, 0.1) is 11.7 Å². The van der Waals surface area contributed by atoms with Gasteiger partial charge in [-0.25, -0.2) is 4.98 Å². The number of carbonyl (C=O) groups excluding carboxylic acids is 1. The van der Waals surface area contributed by atoms with Gasteiger partial charge in [0.25, 0.3) is 5.56 Å². The smallest absolute Gasteiger partial charge is 0.262 e. The number of aromatic nitrogens is 2. The van der Waals surface area contributed by atoms with Crippen LogP contribution in [0.25, 0.3) is 10.2 Å². The molecule has 0 aromatic carbocycles. The minimum absolute atomic E-state index is 0.0367. The lowest BCUT2D eigenvalue weighted by atomic mass is 10.2. The first-order valence-electron chi connectivity index (χ1n) is 6.45. The van der Waals surface area contributed by atoms with Crippen LogP contribution in [0.15, 0.2) is 11.1 Å². The van der Waals surface area contributed by atoms with Crippen LogP contribution in [0.4, 0.5) is 0 Å². The van der Waals surface area contributed by atoms with Crippen molar-refractivity contribution in [1.82, 2.24) is 9.55 Å². The molecule has 0 atom stereocenters. The molecule has 0 spiro atoms. The van der Waals surface area contributed by atoms with E-state index >= 15 is 0 Å². The summed E-state index contributed by atoms with van der Waals surface area (Å²) < 4.78 is 1.65. The van der Waals surface area contributed by atoms with Crippen molar-refractivity contribution in [1.29, 1.82) is 0 Å². The number of nitrogens with zero attached hydrogens (tertiary/aromatic N) is 2. The Kier molecular flexibility index (Phi) is 4.14. The molecule has 2 aromatic rings. The topological polar surface area (TPSA) is 52.0 Å². The van der Waals surface area contributed by atoms with Crippen LogP contribution < -0.4 is 5.56 Å². The lowest BCUT2D eigenvalue weighted by Gasteiger charge is -2.04. The molecule has 0 saturated carbocycles. The number of fused-ring (bicyclic) bond motifs is 1. The molecular formula is C14H18N2O2S. The Hall–Kier alpha value is -1.49. The van der Waals surface area contributed by atoms with Crippen molar-refractivity contribution < 1.29 is 4.79 Å². The average Bonchev–Trinajstić information content (AvgIpc) is 2.64. The second kappa shape index (κ2) is 5.65. The number of ketones is 1. The number of hydrogen-bond acceptors (Lipinski definition) is 4. The maximum Gasteiger partial charge on any atom is 0.262 e. The van der Waals surface area contributed by atoms with E-state index in [2.05, 4.69) is 4.98 Å². The summed E-state index contributed by atoms with van der Waals surface area (Å²) >= 11 is 1.56. The first-order valence-corrected chi connectivity index (χ1v) is 7.27. The van der Waals surface area contributed by atoms with E-state index < -0.39 is 0 Å². The van der Waals surface area contributed by atoms with Crippen molar-refractivity contribution in [3.8, 4) is 0 Å². The van der Waals surface area contributed by atoms with Crippen molar-refractivity contribution in [2.45, 2.75) is 46.6 Å². The van der Waals surface area contributed by atoms with Gasteiger partial charge >= 0.3 is 0 Å². The van der Waals surface area contributed by atoms with Crippen LogP contribution in [0.5, 0.6) is 0 Å². The number of Topliss-reactive ketones (excluding diaryl/α,β-unsaturated/α-hetero) is 1. The lowest BCUT2D eigenvalue weighted by molar-refractivity contribution is -0.117. The highest BCUT2D eigenvalue weighted by molar-refractivity contribution is 7.18. The standard InChI is InChI=1S/C14H18N2O2S/c1-9(17)6-4-5-7-16-8-15-13-12(14(16)18)10(2)11(3)19-13/h8H,4-7H2,1-3H3. The molecule has 19 heavy (non-hydrogen) atoms. The normalized spacial score (nSPS) is 11.1. The first kappa shape index (κ1) is 13.9. The SMILES string of the molecule is CC(=O)CCCCn1cnc2sc(C)c(C)c2c1=O. The molecule has 0 amide bonds. The summed E-state index contributed by atoms with van der Waals surface area (Å²) in [7, 11) is 0. The zero-order valence-corrected chi connectivity index (χ0v) is 12.3. The average molecular weight is 278 g/mol. The molecule has 0 aliphatic heterocycles. The maximum atomic E-state index is 12.4. The summed E-state index contributed by atoms with van der Waals surface area (Å²) in [6.45, 7) is 6.20. The molecule has 0 bridgehead atoms. The van der Waals surface area contributed by atoms with Gasteiger partial charge < -0.3 is 4.79 Å². The Balaban J connectivity index is 2.20. The van der Waals surface area contributed by atoms with Crippen molar-refractivity contribution in [2.75, 3.05) is 0 Å². The molecule has 0 saturated heterocycles. The summed E-state index contributed by atoms with van der Waals surface area (Å²) in [5, 5.41) is 0.747.